The maximum absolute atomic E-state index is 12.5. The van der Waals surface area contributed by atoms with E-state index in [1.807, 2.05) is 4.90 Å². The van der Waals surface area contributed by atoms with Crippen molar-refractivity contribution in [2.24, 2.45) is 4.99 Å². The first-order valence-electron chi connectivity index (χ1n) is 6.96. The highest BCUT2D eigenvalue weighted by Crippen LogP contribution is 2.32. The van der Waals surface area contributed by atoms with Crippen LogP contribution in [-0.4, -0.2) is 42.3 Å². The predicted molar refractivity (Wildman–Crippen MR) is 81.8 cm³/mol. The van der Waals surface area contributed by atoms with Gasteiger partial charge in [0.1, 0.15) is 0 Å². The molecule has 1 aromatic carbocycles. The van der Waals surface area contributed by atoms with Gasteiger partial charge in [-0.05, 0) is 35.5 Å². The molecule has 23 heavy (non-hydrogen) atoms. The van der Waals surface area contributed by atoms with Crippen molar-refractivity contribution >= 4 is 28.9 Å². The van der Waals surface area contributed by atoms with Gasteiger partial charge in [-0.3, -0.25) is 4.79 Å². The second-order valence-corrected chi connectivity index (χ2v) is 6.04. The van der Waals surface area contributed by atoms with E-state index in [9.17, 15) is 18.0 Å². The number of ether oxygens (including phenoxy) is 1. The van der Waals surface area contributed by atoms with Crippen LogP contribution in [0, 0.1) is 0 Å². The van der Waals surface area contributed by atoms with Gasteiger partial charge in [0.05, 0.1) is 23.7 Å². The molecule has 1 saturated heterocycles. The summed E-state index contributed by atoms with van der Waals surface area (Å²) in [5.74, 6) is -0.364. The Morgan fingerprint density at radius 1 is 1.17 bits per heavy atom. The summed E-state index contributed by atoms with van der Waals surface area (Å²) in [5.41, 5.74) is -0.178. The van der Waals surface area contributed by atoms with E-state index in [4.69, 9.17) is 4.74 Å². The number of hydrogen-bond acceptors (Lipinski definition) is 4. The molecule has 3 rings (SSSR count). The number of carbonyl (C=O) groups excluding carboxylic acids is 1. The Morgan fingerprint density at radius 3 is 2.43 bits per heavy atom. The number of aliphatic imine (C=N–C) groups is 1. The van der Waals surface area contributed by atoms with E-state index in [0.29, 0.717) is 41.9 Å². The number of halogens is 3. The summed E-state index contributed by atoms with van der Waals surface area (Å²) >= 11 is 1.24. The molecule has 8 heteroatoms. The largest absolute Gasteiger partial charge is 0.416 e. The lowest BCUT2D eigenvalue weighted by atomic mass is 10.1. The molecule has 0 bridgehead atoms. The van der Waals surface area contributed by atoms with E-state index in [2.05, 4.69) is 4.99 Å². The first kappa shape index (κ1) is 16.1. The lowest BCUT2D eigenvalue weighted by molar-refractivity contribution is -0.137. The maximum Gasteiger partial charge on any atom is 0.416 e. The Hall–Kier alpha value is -1.80. The third kappa shape index (κ3) is 3.76. The Labute approximate surface area is 135 Å². The third-order valence-corrected chi connectivity index (χ3v) is 4.47. The summed E-state index contributed by atoms with van der Waals surface area (Å²) in [4.78, 5) is 18.3. The van der Waals surface area contributed by atoms with Crippen molar-refractivity contribution in [2.45, 2.75) is 6.18 Å². The minimum Gasteiger partial charge on any atom is -0.378 e. The predicted octanol–water partition coefficient (Wildman–Crippen LogP) is 3.01. The van der Waals surface area contributed by atoms with Crippen LogP contribution in [0.5, 0.6) is 0 Å². The van der Waals surface area contributed by atoms with Crippen molar-refractivity contribution in [1.29, 1.82) is 0 Å². The van der Waals surface area contributed by atoms with Crippen molar-refractivity contribution in [3.63, 3.8) is 0 Å². The molecule has 0 saturated carbocycles. The number of amides is 1. The number of thioether (sulfide) groups is 1. The van der Waals surface area contributed by atoms with Gasteiger partial charge in [0.15, 0.2) is 5.17 Å². The Bertz CT molecular complexity index is 662. The molecule has 0 atom stereocenters. The van der Waals surface area contributed by atoms with Crippen molar-refractivity contribution in [2.75, 3.05) is 26.3 Å². The standard InChI is InChI=1S/C15H13F3N2O2S/c16-15(17,18)11-3-1-10(2-4-11)9-12-13(21)19-14(23-12)20-5-7-22-8-6-20/h1-4,9H,5-8H2/b12-9-. The zero-order valence-electron chi connectivity index (χ0n) is 12.0. The number of carbonyl (C=O) groups is 1. The molecule has 0 aromatic heterocycles. The number of rotatable bonds is 1. The molecular formula is C15H13F3N2O2S. The molecule has 0 spiro atoms. The van der Waals surface area contributed by atoms with E-state index < -0.39 is 11.7 Å². The monoisotopic (exact) mass is 342 g/mol. The molecule has 122 valence electrons. The van der Waals surface area contributed by atoms with Gasteiger partial charge in [0, 0.05) is 13.1 Å². The first-order valence-corrected chi connectivity index (χ1v) is 7.78. The minimum absolute atomic E-state index is 0.364. The molecule has 2 aliphatic heterocycles. The van der Waals surface area contributed by atoms with Gasteiger partial charge in [-0.1, -0.05) is 12.1 Å². The topological polar surface area (TPSA) is 41.9 Å². The molecule has 4 nitrogen and oxygen atoms in total. The summed E-state index contributed by atoms with van der Waals surface area (Å²) in [6, 6.07) is 4.69. The molecule has 1 aromatic rings. The van der Waals surface area contributed by atoms with Gasteiger partial charge in [-0.25, -0.2) is 0 Å². The van der Waals surface area contributed by atoms with Gasteiger partial charge in [0.2, 0.25) is 0 Å². The second kappa shape index (κ2) is 6.37. The molecule has 2 aliphatic rings. The van der Waals surface area contributed by atoms with Crippen LogP contribution < -0.4 is 0 Å². The number of morpholine rings is 1. The number of benzene rings is 1. The van der Waals surface area contributed by atoms with E-state index in [0.717, 1.165) is 12.1 Å². The van der Waals surface area contributed by atoms with E-state index in [1.165, 1.54) is 23.9 Å². The van der Waals surface area contributed by atoms with Crippen molar-refractivity contribution < 1.29 is 22.7 Å². The van der Waals surface area contributed by atoms with Crippen LogP contribution in [0.2, 0.25) is 0 Å². The van der Waals surface area contributed by atoms with Crippen molar-refractivity contribution in [3.8, 4) is 0 Å². The highest BCUT2D eigenvalue weighted by molar-refractivity contribution is 8.18. The fourth-order valence-corrected chi connectivity index (χ4v) is 3.17. The van der Waals surface area contributed by atoms with Crippen LogP contribution in [0.15, 0.2) is 34.2 Å². The van der Waals surface area contributed by atoms with Crippen LogP contribution in [0.4, 0.5) is 13.2 Å². The SMILES string of the molecule is O=C1N=C(N2CCOCC2)S/C1=C\c1ccc(C(F)(F)F)cc1. The van der Waals surface area contributed by atoms with Gasteiger partial charge in [-0.2, -0.15) is 18.2 Å². The van der Waals surface area contributed by atoms with Crippen LogP contribution >= 0.6 is 11.8 Å². The summed E-state index contributed by atoms with van der Waals surface area (Å²) in [6.45, 7) is 2.52. The quantitative estimate of drug-likeness (QED) is 0.736. The van der Waals surface area contributed by atoms with Gasteiger partial charge in [0.25, 0.3) is 5.91 Å². The van der Waals surface area contributed by atoms with Crippen LogP contribution in [0.3, 0.4) is 0 Å². The zero-order valence-corrected chi connectivity index (χ0v) is 12.8. The smallest absolute Gasteiger partial charge is 0.378 e. The van der Waals surface area contributed by atoms with Gasteiger partial charge in [-0.15, -0.1) is 0 Å². The van der Waals surface area contributed by atoms with Crippen LogP contribution in [-0.2, 0) is 15.7 Å². The average molecular weight is 342 g/mol. The lowest BCUT2D eigenvalue weighted by Crippen LogP contribution is -2.38. The second-order valence-electron chi connectivity index (χ2n) is 5.03. The molecule has 2 heterocycles. The first-order chi connectivity index (χ1) is 10.9. The number of alkyl halides is 3. The van der Waals surface area contributed by atoms with E-state index in [-0.39, 0.29) is 5.91 Å². The Kier molecular flexibility index (Phi) is 4.45. The number of amidine groups is 1. The average Bonchev–Trinajstić information content (AvgIpc) is 2.89. The molecule has 1 amide bonds. The molecule has 0 unspecified atom stereocenters. The lowest BCUT2D eigenvalue weighted by Gasteiger charge is -2.27. The number of hydrogen-bond donors (Lipinski definition) is 0. The van der Waals surface area contributed by atoms with Crippen LogP contribution in [0.25, 0.3) is 6.08 Å². The van der Waals surface area contributed by atoms with E-state index in [1.54, 1.807) is 6.08 Å². The minimum atomic E-state index is -4.36. The number of nitrogens with zero attached hydrogens (tertiary/aromatic N) is 2. The summed E-state index contributed by atoms with van der Waals surface area (Å²) < 4.78 is 42.9. The fourth-order valence-electron chi connectivity index (χ4n) is 2.21. The zero-order chi connectivity index (χ0) is 16.4. The normalized spacial score (nSPS) is 21.0. The van der Waals surface area contributed by atoms with Gasteiger partial charge < -0.3 is 9.64 Å². The van der Waals surface area contributed by atoms with Crippen LogP contribution in [0.1, 0.15) is 11.1 Å². The Morgan fingerprint density at radius 2 is 1.83 bits per heavy atom. The molecule has 1 fully saturated rings. The van der Waals surface area contributed by atoms with Crippen molar-refractivity contribution in [1.82, 2.24) is 4.90 Å². The third-order valence-electron chi connectivity index (χ3n) is 3.43. The molecule has 0 aliphatic carbocycles. The maximum atomic E-state index is 12.5. The summed E-state index contributed by atoms with van der Waals surface area (Å²) in [6.07, 6.45) is -2.81. The highest BCUT2D eigenvalue weighted by Gasteiger charge is 2.30. The summed E-state index contributed by atoms with van der Waals surface area (Å²) in [7, 11) is 0. The molecule has 0 N–H and O–H groups in total. The van der Waals surface area contributed by atoms with E-state index >= 15 is 0 Å². The Balaban J connectivity index is 1.72. The molecule has 0 radical (unpaired) electrons. The van der Waals surface area contributed by atoms with Crippen molar-refractivity contribution in [3.05, 3.63) is 40.3 Å². The van der Waals surface area contributed by atoms with Gasteiger partial charge >= 0.3 is 6.18 Å². The summed E-state index contributed by atoms with van der Waals surface area (Å²) in [5, 5.41) is 0.622. The highest BCUT2D eigenvalue weighted by atomic mass is 32.2. The molecular weight excluding hydrogens is 329 g/mol. The fraction of sp³-hybridized carbons (Fsp3) is 0.333.